The molecule has 0 radical (unpaired) electrons. The zero-order valence-corrected chi connectivity index (χ0v) is 14.0. The van der Waals surface area contributed by atoms with Crippen LogP contribution in [0.1, 0.15) is 39.7 Å². The van der Waals surface area contributed by atoms with Gasteiger partial charge >= 0.3 is 0 Å². The van der Waals surface area contributed by atoms with Crippen LogP contribution in [0.4, 0.5) is 4.39 Å². The average molecular weight is 316 g/mol. The van der Waals surface area contributed by atoms with Crippen molar-refractivity contribution in [3.63, 3.8) is 0 Å². The van der Waals surface area contributed by atoms with Gasteiger partial charge in [-0.1, -0.05) is 27.7 Å². The molecule has 0 saturated carbocycles. The first-order valence-corrected chi connectivity index (χ1v) is 8.63. The van der Waals surface area contributed by atoms with E-state index in [4.69, 9.17) is 0 Å². The number of hydrogen-bond donors (Lipinski definition) is 2. The molecule has 1 aromatic rings. The van der Waals surface area contributed by atoms with E-state index in [0.29, 0.717) is 25.2 Å². The molecular weight excluding hydrogens is 291 g/mol. The Labute approximate surface area is 127 Å². The first-order valence-electron chi connectivity index (χ1n) is 7.14. The van der Waals surface area contributed by atoms with Crippen molar-refractivity contribution in [3.8, 4) is 0 Å². The standard InChI is InChI=1S/C15H25FN2O2S/c1-5-17-11-12-10-13(6-7-14(12)16)21(19,20)18-9-8-15(2,3)4/h6-7,10,17-18H,5,8-9,11H2,1-4H3. The van der Waals surface area contributed by atoms with Crippen LogP contribution in [-0.4, -0.2) is 21.5 Å². The lowest BCUT2D eigenvalue weighted by molar-refractivity contribution is 0.378. The van der Waals surface area contributed by atoms with Gasteiger partial charge in [-0.25, -0.2) is 17.5 Å². The van der Waals surface area contributed by atoms with Gasteiger partial charge in [0, 0.05) is 18.7 Å². The largest absolute Gasteiger partial charge is 0.313 e. The van der Waals surface area contributed by atoms with Crippen LogP contribution in [0.5, 0.6) is 0 Å². The molecule has 0 aromatic heterocycles. The maximum Gasteiger partial charge on any atom is 0.240 e. The van der Waals surface area contributed by atoms with Gasteiger partial charge in [-0.3, -0.25) is 0 Å². The van der Waals surface area contributed by atoms with E-state index in [1.54, 1.807) is 0 Å². The summed E-state index contributed by atoms with van der Waals surface area (Å²) in [6.07, 6.45) is 0.734. The van der Waals surface area contributed by atoms with Gasteiger partial charge in [0.1, 0.15) is 5.82 Å². The topological polar surface area (TPSA) is 58.2 Å². The molecule has 0 spiro atoms. The molecular formula is C15H25FN2O2S. The van der Waals surface area contributed by atoms with Crippen LogP contribution >= 0.6 is 0 Å². The van der Waals surface area contributed by atoms with Crippen molar-refractivity contribution in [2.45, 2.75) is 45.6 Å². The average Bonchev–Trinajstić information content (AvgIpc) is 2.35. The molecule has 0 bridgehead atoms. The highest BCUT2D eigenvalue weighted by atomic mass is 32.2. The summed E-state index contributed by atoms with van der Waals surface area (Å²) >= 11 is 0. The number of benzene rings is 1. The SMILES string of the molecule is CCNCc1cc(S(=O)(=O)NCCC(C)(C)C)ccc1F. The number of hydrogen-bond acceptors (Lipinski definition) is 3. The van der Waals surface area contributed by atoms with Crippen molar-refractivity contribution >= 4 is 10.0 Å². The smallest absolute Gasteiger partial charge is 0.240 e. The van der Waals surface area contributed by atoms with E-state index < -0.39 is 15.8 Å². The summed E-state index contributed by atoms with van der Waals surface area (Å²) in [7, 11) is -3.59. The lowest BCUT2D eigenvalue weighted by atomic mass is 9.93. The second-order valence-corrected chi connectivity index (χ2v) is 8.01. The molecule has 120 valence electrons. The highest BCUT2D eigenvalue weighted by Crippen LogP contribution is 2.19. The number of halogens is 1. The molecule has 0 saturated heterocycles. The van der Waals surface area contributed by atoms with Gasteiger partial charge in [-0.05, 0) is 36.6 Å². The molecule has 0 aliphatic heterocycles. The normalized spacial score (nSPS) is 12.6. The van der Waals surface area contributed by atoms with Gasteiger partial charge in [-0.2, -0.15) is 0 Å². The molecule has 0 amide bonds. The Morgan fingerprint density at radius 2 is 1.90 bits per heavy atom. The van der Waals surface area contributed by atoms with E-state index in [-0.39, 0.29) is 10.3 Å². The van der Waals surface area contributed by atoms with Crippen LogP contribution in [0, 0.1) is 11.2 Å². The van der Waals surface area contributed by atoms with E-state index in [0.717, 1.165) is 6.42 Å². The molecule has 1 rings (SSSR count). The third kappa shape index (κ3) is 6.11. The summed E-state index contributed by atoms with van der Waals surface area (Å²) < 4.78 is 40.6. The minimum atomic E-state index is -3.59. The Bertz CT molecular complexity index is 566. The Hall–Kier alpha value is -0.980. The summed E-state index contributed by atoms with van der Waals surface area (Å²) in [5, 5.41) is 2.99. The zero-order valence-electron chi connectivity index (χ0n) is 13.2. The molecule has 6 heteroatoms. The Morgan fingerprint density at radius 3 is 2.48 bits per heavy atom. The molecule has 21 heavy (non-hydrogen) atoms. The van der Waals surface area contributed by atoms with Crippen molar-refractivity contribution < 1.29 is 12.8 Å². The fourth-order valence-corrected chi connectivity index (χ4v) is 2.84. The van der Waals surface area contributed by atoms with Crippen LogP contribution in [0.15, 0.2) is 23.1 Å². The zero-order chi connectivity index (χ0) is 16.1. The van der Waals surface area contributed by atoms with Crippen molar-refractivity contribution in [3.05, 3.63) is 29.6 Å². The van der Waals surface area contributed by atoms with Gasteiger partial charge < -0.3 is 5.32 Å². The third-order valence-electron chi connectivity index (χ3n) is 3.06. The quantitative estimate of drug-likeness (QED) is 0.813. The van der Waals surface area contributed by atoms with Gasteiger partial charge in [0.05, 0.1) is 4.90 Å². The molecule has 0 heterocycles. The molecule has 0 atom stereocenters. The van der Waals surface area contributed by atoms with Crippen LogP contribution in [0.2, 0.25) is 0 Å². The summed E-state index contributed by atoms with van der Waals surface area (Å²) in [4.78, 5) is 0.103. The molecule has 0 aliphatic carbocycles. The lowest BCUT2D eigenvalue weighted by Gasteiger charge is -2.18. The van der Waals surface area contributed by atoms with Crippen LogP contribution in [0.3, 0.4) is 0 Å². The van der Waals surface area contributed by atoms with Gasteiger partial charge in [-0.15, -0.1) is 0 Å². The minimum Gasteiger partial charge on any atom is -0.313 e. The van der Waals surface area contributed by atoms with E-state index >= 15 is 0 Å². The third-order valence-corrected chi connectivity index (χ3v) is 4.52. The van der Waals surface area contributed by atoms with E-state index in [9.17, 15) is 12.8 Å². The second-order valence-electron chi connectivity index (χ2n) is 6.24. The van der Waals surface area contributed by atoms with E-state index in [1.807, 2.05) is 27.7 Å². The molecule has 2 N–H and O–H groups in total. The van der Waals surface area contributed by atoms with Crippen LogP contribution in [0.25, 0.3) is 0 Å². The monoisotopic (exact) mass is 316 g/mol. The number of nitrogens with one attached hydrogen (secondary N) is 2. The fraction of sp³-hybridized carbons (Fsp3) is 0.600. The van der Waals surface area contributed by atoms with Gasteiger partial charge in [0.2, 0.25) is 10.0 Å². The van der Waals surface area contributed by atoms with Crippen molar-refractivity contribution in [1.82, 2.24) is 10.0 Å². The Morgan fingerprint density at radius 1 is 1.24 bits per heavy atom. The predicted molar refractivity (Wildman–Crippen MR) is 83.0 cm³/mol. The van der Waals surface area contributed by atoms with Crippen molar-refractivity contribution in [2.75, 3.05) is 13.1 Å². The van der Waals surface area contributed by atoms with Crippen molar-refractivity contribution in [1.29, 1.82) is 0 Å². The second kappa shape index (κ2) is 7.33. The summed E-state index contributed by atoms with van der Waals surface area (Å²) in [6, 6.07) is 3.88. The Kier molecular flexibility index (Phi) is 6.31. The number of sulfonamides is 1. The summed E-state index contributed by atoms with van der Waals surface area (Å²) in [5.74, 6) is -0.399. The minimum absolute atomic E-state index is 0.0571. The van der Waals surface area contributed by atoms with Crippen LogP contribution in [-0.2, 0) is 16.6 Å². The maximum absolute atomic E-state index is 13.6. The molecule has 0 unspecified atom stereocenters. The highest BCUT2D eigenvalue weighted by molar-refractivity contribution is 7.89. The first kappa shape index (κ1) is 18.1. The Balaban J connectivity index is 2.83. The lowest BCUT2D eigenvalue weighted by Crippen LogP contribution is -2.27. The molecule has 4 nitrogen and oxygen atoms in total. The maximum atomic E-state index is 13.6. The summed E-state index contributed by atoms with van der Waals surface area (Å²) in [6.45, 7) is 9.43. The van der Waals surface area contributed by atoms with Crippen molar-refractivity contribution in [2.24, 2.45) is 5.41 Å². The molecule has 0 fully saturated rings. The molecule has 1 aromatic carbocycles. The number of rotatable bonds is 7. The van der Waals surface area contributed by atoms with Gasteiger partial charge in [0.25, 0.3) is 0 Å². The molecule has 0 aliphatic rings. The fourth-order valence-electron chi connectivity index (χ4n) is 1.76. The predicted octanol–water partition coefficient (Wildman–Crippen LogP) is 2.65. The van der Waals surface area contributed by atoms with Gasteiger partial charge in [0.15, 0.2) is 0 Å². The van der Waals surface area contributed by atoms with Crippen LogP contribution < -0.4 is 10.0 Å². The van der Waals surface area contributed by atoms with E-state index in [2.05, 4.69) is 10.0 Å². The highest BCUT2D eigenvalue weighted by Gasteiger charge is 2.17. The van der Waals surface area contributed by atoms with E-state index in [1.165, 1.54) is 18.2 Å². The first-order chi connectivity index (χ1) is 9.65. The summed E-state index contributed by atoms with van der Waals surface area (Å²) in [5.41, 5.74) is 0.414.